The number of aliphatic hydroxyl groups is 1. The molecule has 0 saturated heterocycles. The highest BCUT2D eigenvalue weighted by Gasteiger charge is 2.16. The average molecular weight is 287 g/mol. The van der Waals surface area contributed by atoms with Gasteiger partial charge >= 0.3 is 5.97 Å². The van der Waals surface area contributed by atoms with E-state index >= 15 is 0 Å². The highest BCUT2D eigenvalue weighted by Crippen LogP contribution is 2.08. The number of aromatic carboxylic acids is 1. The maximum Gasteiger partial charge on any atom is 0.335 e. The van der Waals surface area contributed by atoms with E-state index in [0.29, 0.717) is 12.0 Å². The smallest absolute Gasteiger partial charge is 0.335 e. The van der Waals surface area contributed by atoms with E-state index in [2.05, 4.69) is 4.72 Å². The van der Waals surface area contributed by atoms with Gasteiger partial charge in [0.15, 0.2) is 0 Å². The third kappa shape index (κ3) is 4.98. The van der Waals surface area contributed by atoms with E-state index in [0.717, 1.165) is 0 Å². The zero-order valence-electron chi connectivity index (χ0n) is 10.5. The number of rotatable bonds is 7. The van der Waals surface area contributed by atoms with Gasteiger partial charge in [-0.15, -0.1) is 0 Å². The highest BCUT2D eigenvalue weighted by molar-refractivity contribution is 7.88. The quantitative estimate of drug-likeness (QED) is 0.680. The summed E-state index contributed by atoms with van der Waals surface area (Å²) in [4.78, 5) is 10.7. The van der Waals surface area contributed by atoms with Crippen LogP contribution in [-0.4, -0.2) is 37.2 Å². The zero-order chi connectivity index (χ0) is 14.5. The van der Waals surface area contributed by atoms with Crippen LogP contribution < -0.4 is 4.72 Å². The Morgan fingerprint density at radius 1 is 1.32 bits per heavy atom. The molecule has 0 heterocycles. The monoisotopic (exact) mass is 287 g/mol. The molecule has 0 spiro atoms. The molecule has 1 atom stereocenters. The number of carbonyl (C=O) groups is 1. The predicted octanol–water partition coefficient (Wildman–Crippen LogP) is 0.575. The normalized spacial score (nSPS) is 13.2. The van der Waals surface area contributed by atoms with Crippen LogP contribution >= 0.6 is 0 Å². The Kier molecular flexibility index (Phi) is 5.46. The van der Waals surface area contributed by atoms with Crippen molar-refractivity contribution in [2.75, 3.05) is 6.61 Å². The number of hydrogen-bond acceptors (Lipinski definition) is 4. The Bertz CT molecular complexity index is 520. The lowest BCUT2D eigenvalue weighted by Crippen LogP contribution is -2.37. The van der Waals surface area contributed by atoms with Gasteiger partial charge < -0.3 is 10.2 Å². The number of nitrogens with one attached hydrogen (secondary N) is 1. The van der Waals surface area contributed by atoms with Crippen LogP contribution in [0.5, 0.6) is 0 Å². The molecule has 0 unspecified atom stereocenters. The molecule has 0 aromatic heterocycles. The zero-order valence-corrected chi connectivity index (χ0v) is 11.4. The maximum absolute atomic E-state index is 11.8. The molecular weight excluding hydrogens is 270 g/mol. The third-order valence-corrected chi connectivity index (χ3v) is 4.02. The Morgan fingerprint density at radius 3 is 2.32 bits per heavy atom. The van der Waals surface area contributed by atoms with Crippen molar-refractivity contribution in [2.24, 2.45) is 0 Å². The van der Waals surface area contributed by atoms with Crippen molar-refractivity contribution in [3.8, 4) is 0 Å². The summed E-state index contributed by atoms with van der Waals surface area (Å²) in [5.74, 6) is -1.30. The molecule has 1 aromatic rings. The molecule has 0 fully saturated rings. The molecule has 1 rings (SSSR count). The van der Waals surface area contributed by atoms with Crippen LogP contribution in [0.4, 0.5) is 0 Å². The predicted molar refractivity (Wildman–Crippen MR) is 70.3 cm³/mol. The lowest BCUT2D eigenvalue weighted by Gasteiger charge is -2.14. The summed E-state index contributed by atoms with van der Waals surface area (Å²) in [6.45, 7) is 1.51. The summed E-state index contributed by atoms with van der Waals surface area (Å²) in [5, 5.41) is 17.7. The van der Waals surface area contributed by atoms with E-state index in [-0.39, 0.29) is 17.9 Å². The van der Waals surface area contributed by atoms with E-state index < -0.39 is 22.0 Å². The number of benzene rings is 1. The second-order valence-corrected chi connectivity index (χ2v) is 5.92. The van der Waals surface area contributed by atoms with Gasteiger partial charge in [-0.3, -0.25) is 0 Å². The maximum atomic E-state index is 11.8. The fourth-order valence-electron chi connectivity index (χ4n) is 1.51. The number of carboxylic acids is 1. The molecule has 0 aliphatic carbocycles. The molecule has 0 bridgehead atoms. The third-order valence-electron chi connectivity index (χ3n) is 2.62. The van der Waals surface area contributed by atoms with E-state index in [9.17, 15) is 13.2 Å². The molecule has 3 N–H and O–H groups in total. The van der Waals surface area contributed by atoms with Gasteiger partial charge in [0, 0.05) is 6.04 Å². The minimum absolute atomic E-state index is 0.107. The highest BCUT2D eigenvalue weighted by atomic mass is 32.2. The van der Waals surface area contributed by atoms with Crippen LogP contribution in [0.3, 0.4) is 0 Å². The summed E-state index contributed by atoms with van der Waals surface area (Å²) < 4.78 is 26.0. The fourth-order valence-corrected chi connectivity index (χ4v) is 2.97. The molecule has 7 heteroatoms. The first-order chi connectivity index (χ1) is 8.88. The lowest BCUT2D eigenvalue weighted by molar-refractivity contribution is 0.0697. The average Bonchev–Trinajstić information content (AvgIpc) is 2.36. The van der Waals surface area contributed by atoms with Crippen LogP contribution in [0.25, 0.3) is 0 Å². The summed E-state index contributed by atoms with van der Waals surface area (Å²) in [7, 11) is -3.55. The van der Waals surface area contributed by atoms with Crippen LogP contribution in [-0.2, 0) is 15.8 Å². The van der Waals surface area contributed by atoms with Gasteiger partial charge in [-0.05, 0) is 24.1 Å². The Labute approximate surface area is 112 Å². The summed E-state index contributed by atoms with van der Waals surface area (Å²) >= 11 is 0. The van der Waals surface area contributed by atoms with Crippen LogP contribution in [0.15, 0.2) is 24.3 Å². The largest absolute Gasteiger partial charge is 0.478 e. The summed E-state index contributed by atoms with van der Waals surface area (Å²) in [5.41, 5.74) is 0.598. The first kappa shape index (κ1) is 15.6. The van der Waals surface area contributed by atoms with Crippen LogP contribution in [0.2, 0.25) is 0 Å². The lowest BCUT2D eigenvalue weighted by atomic mass is 10.1. The van der Waals surface area contributed by atoms with Gasteiger partial charge in [-0.2, -0.15) is 0 Å². The van der Waals surface area contributed by atoms with Gasteiger partial charge in [-0.25, -0.2) is 17.9 Å². The molecule has 106 valence electrons. The second kappa shape index (κ2) is 6.65. The van der Waals surface area contributed by atoms with Crippen molar-refractivity contribution in [2.45, 2.75) is 25.1 Å². The standard InChI is InChI=1S/C12H17NO5S/c1-2-11(7-14)13-19(17,18)8-9-3-5-10(6-4-9)12(15)16/h3-6,11,13-14H,2,7-8H2,1H3,(H,15,16)/t11-/m0/s1. The minimum atomic E-state index is -3.55. The Balaban J connectivity index is 2.75. The van der Waals surface area contributed by atoms with Crippen molar-refractivity contribution in [3.05, 3.63) is 35.4 Å². The van der Waals surface area contributed by atoms with Crippen molar-refractivity contribution in [3.63, 3.8) is 0 Å². The fraction of sp³-hybridized carbons (Fsp3) is 0.417. The summed E-state index contributed by atoms with van der Waals surface area (Å²) in [6.07, 6.45) is 0.494. The Morgan fingerprint density at radius 2 is 1.89 bits per heavy atom. The van der Waals surface area contributed by atoms with Crippen LogP contribution in [0.1, 0.15) is 29.3 Å². The summed E-state index contributed by atoms with van der Waals surface area (Å²) in [6, 6.07) is 5.14. The van der Waals surface area contributed by atoms with E-state index in [4.69, 9.17) is 10.2 Å². The van der Waals surface area contributed by atoms with Gasteiger partial charge in [0.25, 0.3) is 0 Å². The van der Waals surface area contributed by atoms with Crippen molar-refractivity contribution >= 4 is 16.0 Å². The second-order valence-electron chi connectivity index (χ2n) is 4.17. The topological polar surface area (TPSA) is 104 Å². The first-order valence-electron chi connectivity index (χ1n) is 5.81. The number of sulfonamides is 1. The minimum Gasteiger partial charge on any atom is -0.478 e. The molecule has 0 amide bonds. The van der Waals surface area contributed by atoms with Gasteiger partial charge in [0.05, 0.1) is 17.9 Å². The number of hydrogen-bond donors (Lipinski definition) is 3. The molecule has 6 nitrogen and oxygen atoms in total. The van der Waals surface area contributed by atoms with Crippen molar-refractivity contribution in [1.29, 1.82) is 0 Å². The van der Waals surface area contributed by atoms with Gasteiger partial charge in [0.1, 0.15) is 0 Å². The number of aliphatic hydroxyl groups excluding tert-OH is 1. The SMILES string of the molecule is CC[C@@H](CO)NS(=O)(=O)Cc1ccc(C(=O)O)cc1. The molecule has 0 aliphatic rings. The molecule has 0 aliphatic heterocycles. The number of carboxylic acid groups (broad SMARTS) is 1. The van der Waals surface area contributed by atoms with Gasteiger partial charge in [0.2, 0.25) is 10.0 Å². The van der Waals surface area contributed by atoms with Gasteiger partial charge in [-0.1, -0.05) is 19.1 Å². The molecule has 0 saturated carbocycles. The molecule has 0 radical (unpaired) electrons. The van der Waals surface area contributed by atoms with Crippen molar-refractivity contribution < 1.29 is 23.4 Å². The Hall–Kier alpha value is -1.44. The van der Waals surface area contributed by atoms with Crippen LogP contribution in [0, 0.1) is 0 Å². The van der Waals surface area contributed by atoms with Crippen molar-refractivity contribution in [1.82, 2.24) is 4.72 Å². The molecule has 19 heavy (non-hydrogen) atoms. The molecular formula is C12H17NO5S. The van der Waals surface area contributed by atoms with E-state index in [1.807, 2.05) is 0 Å². The first-order valence-corrected chi connectivity index (χ1v) is 7.46. The van der Waals surface area contributed by atoms with E-state index in [1.165, 1.54) is 24.3 Å². The molecule has 1 aromatic carbocycles. The van der Waals surface area contributed by atoms with E-state index in [1.54, 1.807) is 6.92 Å².